The maximum atomic E-state index is 11.4. The number of nitrogens with zero attached hydrogens (tertiary/aromatic N) is 1. The van der Waals surface area contributed by atoms with E-state index in [0.717, 1.165) is 6.07 Å². The summed E-state index contributed by atoms with van der Waals surface area (Å²) in [4.78, 5) is 26.2. The minimum Gasteiger partial charge on any atom is -0.497 e. The van der Waals surface area contributed by atoms with Gasteiger partial charge in [-0.15, -0.1) is 0 Å². The minimum absolute atomic E-state index is 0.0754. The van der Waals surface area contributed by atoms with Crippen LogP contribution in [0.25, 0.3) is 11.5 Å². The number of aromatic nitrogens is 1. The summed E-state index contributed by atoms with van der Waals surface area (Å²) in [6, 6.07) is 7.78. The topological polar surface area (TPSA) is 78.6 Å². The van der Waals surface area contributed by atoms with E-state index in [0.29, 0.717) is 11.3 Å². The van der Waals surface area contributed by atoms with E-state index in [2.05, 4.69) is 4.98 Å². The molecule has 2 rings (SSSR count). The Labute approximate surface area is 108 Å². The van der Waals surface area contributed by atoms with E-state index in [1.807, 2.05) is 0 Å². The summed E-state index contributed by atoms with van der Waals surface area (Å²) in [6.45, 7) is 1.23. The lowest BCUT2D eigenvalue weighted by Crippen LogP contribution is -2.08. The van der Waals surface area contributed by atoms with Gasteiger partial charge in [-0.2, -0.15) is 4.98 Å². The van der Waals surface area contributed by atoms with Crippen LogP contribution in [0.4, 0.5) is 0 Å². The molecule has 2 aromatic rings. The molecule has 0 atom stereocenters. The molecule has 0 N–H and O–H groups in total. The summed E-state index contributed by atoms with van der Waals surface area (Å²) in [5.41, 5.74) is -0.0658. The van der Waals surface area contributed by atoms with Crippen molar-refractivity contribution in [3.05, 3.63) is 40.8 Å². The van der Waals surface area contributed by atoms with Crippen molar-refractivity contribution >= 4 is 5.97 Å². The van der Waals surface area contributed by atoms with Gasteiger partial charge in [0.15, 0.2) is 0 Å². The standard InChI is InChI=1S/C13H11NO5/c1-8(15)18-11-7-12(16)19-13(14-11)9-3-5-10(17-2)6-4-9/h3-7H,1-2H3. The van der Waals surface area contributed by atoms with Gasteiger partial charge in [0.1, 0.15) is 5.75 Å². The van der Waals surface area contributed by atoms with Crippen molar-refractivity contribution in [2.24, 2.45) is 0 Å². The molecule has 0 saturated heterocycles. The van der Waals surface area contributed by atoms with Crippen molar-refractivity contribution in [3.8, 4) is 23.1 Å². The first-order chi connectivity index (χ1) is 9.08. The molecule has 0 unspecified atom stereocenters. The molecule has 6 nitrogen and oxygen atoms in total. The van der Waals surface area contributed by atoms with Crippen LogP contribution in [-0.4, -0.2) is 18.1 Å². The maximum Gasteiger partial charge on any atom is 0.343 e. The third-order valence-electron chi connectivity index (χ3n) is 2.24. The normalized spacial score (nSPS) is 10.0. The van der Waals surface area contributed by atoms with Crippen molar-refractivity contribution < 1.29 is 18.7 Å². The second-order valence-corrected chi connectivity index (χ2v) is 3.64. The Morgan fingerprint density at radius 1 is 1.26 bits per heavy atom. The van der Waals surface area contributed by atoms with Gasteiger partial charge in [0.05, 0.1) is 13.2 Å². The molecule has 19 heavy (non-hydrogen) atoms. The Balaban J connectivity index is 2.40. The van der Waals surface area contributed by atoms with E-state index < -0.39 is 11.6 Å². The van der Waals surface area contributed by atoms with Gasteiger partial charge < -0.3 is 13.9 Å². The summed E-state index contributed by atoms with van der Waals surface area (Å²) in [6.07, 6.45) is 0. The third-order valence-corrected chi connectivity index (χ3v) is 2.24. The van der Waals surface area contributed by atoms with Crippen LogP contribution in [0.1, 0.15) is 6.92 Å². The smallest absolute Gasteiger partial charge is 0.343 e. The second kappa shape index (κ2) is 5.34. The SMILES string of the molecule is COc1ccc(-c2nc(OC(C)=O)cc(=O)o2)cc1. The average molecular weight is 261 g/mol. The highest BCUT2D eigenvalue weighted by Gasteiger charge is 2.09. The molecule has 1 heterocycles. The molecule has 0 aliphatic heterocycles. The van der Waals surface area contributed by atoms with Gasteiger partial charge >= 0.3 is 11.6 Å². The fourth-order valence-electron chi connectivity index (χ4n) is 1.44. The van der Waals surface area contributed by atoms with Crippen molar-refractivity contribution in [2.75, 3.05) is 7.11 Å². The molecular formula is C13H11NO5. The highest BCUT2D eigenvalue weighted by Crippen LogP contribution is 2.21. The number of rotatable bonds is 3. The first kappa shape index (κ1) is 12.8. The molecule has 0 spiro atoms. The molecule has 0 aliphatic rings. The summed E-state index contributed by atoms with van der Waals surface area (Å²) in [5.74, 6) is 0.0991. The zero-order valence-corrected chi connectivity index (χ0v) is 10.4. The lowest BCUT2D eigenvalue weighted by Gasteiger charge is -2.03. The van der Waals surface area contributed by atoms with Crippen molar-refractivity contribution in [3.63, 3.8) is 0 Å². The van der Waals surface area contributed by atoms with Gasteiger partial charge in [-0.1, -0.05) is 0 Å². The van der Waals surface area contributed by atoms with Crippen LogP contribution in [0.15, 0.2) is 39.5 Å². The van der Waals surface area contributed by atoms with Crippen LogP contribution in [0.2, 0.25) is 0 Å². The van der Waals surface area contributed by atoms with Crippen LogP contribution >= 0.6 is 0 Å². The van der Waals surface area contributed by atoms with Crippen molar-refractivity contribution in [1.82, 2.24) is 4.98 Å². The molecule has 6 heteroatoms. The monoisotopic (exact) mass is 261 g/mol. The predicted octanol–water partition coefficient (Wildman–Crippen LogP) is 1.64. The van der Waals surface area contributed by atoms with Crippen LogP contribution in [0.3, 0.4) is 0 Å². The molecule has 0 bridgehead atoms. The highest BCUT2D eigenvalue weighted by atomic mass is 16.5. The lowest BCUT2D eigenvalue weighted by atomic mass is 10.2. The van der Waals surface area contributed by atoms with Crippen LogP contribution in [0.5, 0.6) is 11.6 Å². The van der Waals surface area contributed by atoms with Crippen LogP contribution in [0, 0.1) is 0 Å². The number of carbonyl (C=O) groups excluding carboxylic acids is 1. The average Bonchev–Trinajstić information content (AvgIpc) is 2.37. The first-order valence-corrected chi connectivity index (χ1v) is 5.43. The molecule has 0 radical (unpaired) electrons. The van der Waals surface area contributed by atoms with Gasteiger partial charge in [-0.25, -0.2) is 4.79 Å². The van der Waals surface area contributed by atoms with E-state index >= 15 is 0 Å². The summed E-state index contributed by atoms with van der Waals surface area (Å²) >= 11 is 0. The summed E-state index contributed by atoms with van der Waals surface area (Å²) in [5, 5.41) is 0. The van der Waals surface area contributed by atoms with E-state index in [-0.39, 0.29) is 11.8 Å². The molecular weight excluding hydrogens is 250 g/mol. The number of methoxy groups -OCH3 is 1. The summed E-state index contributed by atoms with van der Waals surface area (Å²) < 4.78 is 14.8. The molecule has 0 aliphatic carbocycles. The largest absolute Gasteiger partial charge is 0.497 e. The molecule has 1 aromatic heterocycles. The Kier molecular flexibility index (Phi) is 3.61. The number of esters is 1. The molecule has 1 aromatic carbocycles. The lowest BCUT2D eigenvalue weighted by molar-refractivity contribution is -0.132. The predicted molar refractivity (Wildman–Crippen MR) is 66.1 cm³/mol. The van der Waals surface area contributed by atoms with E-state index in [1.165, 1.54) is 6.92 Å². The number of benzene rings is 1. The number of hydrogen-bond donors (Lipinski definition) is 0. The van der Waals surface area contributed by atoms with Crippen molar-refractivity contribution in [2.45, 2.75) is 6.92 Å². The van der Waals surface area contributed by atoms with Crippen molar-refractivity contribution in [1.29, 1.82) is 0 Å². The molecule has 0 amide bonds. The number of hydrogen-bond acceptors (Lipinski definition) is 6. The second-order valence-electron chi connectivity index (χ2n) is 3.64. The van der Waals surface area contributed by atoms with Gasteiger partial charge in [0.25, 0.3) is 0 Å². The Morgan fingerprint density at radius 2 is 1.95 bits per heavy atom. The van der Waals surface area contributed by atoms with Gasteiger partial charge in [0, 0.05) is 12.5 Å². The van der Waals surface area contributed by atoms with Gasteiger partial charge in [-0.05, 0) is 24.3 Å². The minimum atomic E-state index is -0.642. The highest BCUT2D eigenvalue weighted by molar-refractivity contribution is 5.68. The van der Waals surface area contributed by atoms with E-state index in [1.54, 1.807) is 31.4 Å². The van der Waals surface area contributed by atoms with E-state index in [4.69, 9.17) is 13.9 Å². The fourth-order valence-corrected chi connectivity index (χ4v) is 1.44. The maximum absolute atomic E-state index is 11.4. The molecule has 98 valence electrons. The quantitative estimate of drug-likeness (QED) is 0.781. The zero-order valence-electron chi connectivity index (χ0n) is 10.4. The zero-order chi connectivity index (χ0) is 13.8. The third kappa shape index (κ3) is 3.19. The van der Waals surface area contributed by atoms with Gasteiger partial charge in [-0.3, -0.25) is 4.79 Å². The Morgan fingerprint density at radius 3 is 2.53 bits per heavy atom. The Hall–Kier alpha value is -2.63. The Bertz CT molecular complexity index is 645. The molecule has 0 saturated carbocycles. The number of ether oxygens (including phenoxy) is 2. The number of carbonyl (C=O) groups is 1. The van der Waals surface area contributed by atoms with E-state index in [9.17, 15) is 9.59 Å². The summed E-state index contributed by atoms with van der Waals surface area (Å²) in [7, 11) is 1.55. The van der Waals surface area contributed by atoms with Gasteiger partial charge in [0.2, 0.25) is 11.8 Å². The van der Waals surface area contributed by atoms with Crippen LogP contribution < -0.4 is 15.1 Å². The van der Waals surface area contributed by atoms with Crippen LogP contribution in [-0.2, 0) is 4.79 Å². The molecule has 0 fully saturated rings. The first-order valence-electron chi connectivity index (χ1n) is 5.43. The fraction of sp³-hybridized carbons (Fsp3) is 0.154.